The number of aliphatic hydroxyl groups is 2. The summed E-state index contributed by atoms with van der Waals surface area (Å²) in [4.78, 5) is 23.9. The number of hydrogen-bond donors (Lipinski definition) is 3. The minimum atomic E-state index is -0.814. The SMILES string of the molecule is O=C(O)CCC/C=C\C[C@H]1C(=O)C[C@@H](O)[C@@H]1/C=C/C(O)CCc1sc2ccccc2c1Cl. The number of rotatable bonds is 11. The number of carbonyl (C=O) groups is 2. The van der Waals surface area contributed by atoms with Gasteiger partial charge >= 0.3 is 5.97 Å². The smallest absolute Gasteiger partial charge is 0.303 e. The molecule has 3 N–H and O–H groups in total. The van der Waals surface area contributed by atoms with Gasteiger partial charge in [0, 0.05) is 39.6 Å². The molecule has 0 spiro atoms. The number of carboxylic acids is 1. The van der Waals surface area contributed by atoms with Crippen molar-refractivity contribution < 1.29 is 24.9 Å². The molecule has 4 atom stereocenters. The summed E-state index contributed by atoms with van der Waals surface area (Å²) in [5.74, 6) is -1.44. The molecular weight excluding hydrogens is 448 g/mol. The van der Waals surface area contributed by atoms with Gasteiger partial charge in [0.05, 0.1) is 17.2 Å². The van der Waals surface area contributed by atoms with Crippen LogP contribution < -0.4 is 0 Å². The van der Waals surface area contributed by atoms with E-state index in [1.54, 1.807) is 23.5 Å². The molecular formula is C25H29ClO5S. The third kappa shape index (κ3) is 6.51. The maximum Gasteiger partial charge on any atom is 0.303 e. The van der Waals surface area contributed by atoms with E-state index in [1.807, 2.05) is 36.4 Å². The van der Waals surface area contributed by atoms with E-state index in [0.717, 1.165) is 20.0 Å². The van der Waals surface area contributed by atoms with Crippen LogP contribution in [0.3, 0.4) is 0 Å². The zero-order valence-corrected chi connectivity index (χ0v) is 19.4. The van der Waals surface area contributed by atoms with Gasteiger partial charge < -0.3 is 15.3 Å². The maximum atomic E-state index is 12.3. The van der Waals surface area contributed by atoms with Gasteiger partial charge in [-0.25, -0.2) is 0 Å². The highest BCUT2D eigenvalue weighted by molar-refractivity contribution is 7.19. The van der Waals surface area contributed by atoms with Gasteiger partial charge in [0.15, 0.2) is 0 Å². The molecule has 3 rings (SSSR count). The summed E-state index contributed by atoms with van der Waals surface area (Å²) in [5.41, 5.74) is 0. The lowest BCUT2D eigenvalue weighted by molar-refractivity contribution is -0.137. The van der Waals surface area contributed by atoms with Gasteiger partial charge in [-0.3, -0.25) is 9.59 Å². The lowest BCUT2D eigenvalue weighted by Crippen LogP contribution is -2.19. The van der Waals surface area contributed by atoms with E-state index in [4.69, 9.17) is 16.7 Å². The van der Waals surface area contributed by atoms with Crippen molar-refractivity contribution in [2.75, 3.05) is 0 Å². The summed E-state index contributed by atoms with van der Waals surface area (Å²) in [6.45, 7) is 0. The molecule has 1 aromatic heterocycles. The fourth-order valence-corrected chi connectivity index (χ4v) is 5.66. The van der Waals surface area contributed by atoms with Gasteiger partial charge in [0.2, 0.25) is 0 Å². The number of allylic oxidation sites excluding steroid dienone is 2. The topological polar surface area (TPSA) is 94.8 Å². The molecule has 0 aliphatic heterocycles. The van der Waals surface area contributed by atoms with E-state index in [2.05, 4.69) is 0 Å². The lowest BCUT2D eigenvalue weighted by Gasteiger charge is -2.16. The Bertz CT molecular complexity index is 995. The molecule has 1 heterocycles. The van der Waals surface area contributed by atoms with Crippen molar-refractivity contribution >= 4 is 44.8 Å². The van der Waals surface area contributed by atoms with Gasteiger partial charge in [-0.1, -0.05) is 54.1 Å². The Balaban J connectivity index is 1.53. The monoisotopic (exact) mass is 476 g/mol. The summed E-state index contributed by atoms with van der Waals surface area (Å²) >= 11 is 8.11. The first kappa shape index (κ1) is 24.6. The van der Waals surface area contributed by atoms with Crippen molar-refractivity contribution in [3.63, 3.8) is 0 Å². The quantitative estimate of drug-likeness (QED) is 0.307. The Labute approximate surface area is 197 Å². The Morgan fingerprint density at radius 3 is 2.81 bits per heavy atom. The summed E-state index contributed by atoms with van der Waals surface area (Å²) in [6.07, 6.45) is 8.93. The standard InChI is InChI=1S/C25H29ClO5S/c26-25-19-8-5-6-9-22(19)32-23(25)14-12-16(27)11-13-18-17(20(28)15-21(18)29)7-3-1-2-4-10-24(30)31/h1,3,5-6,8-9,11,13,16-18,21,27,29H,2,4,7,10,12,14-15H2,(H,30,31)/b3-1-,13-11+/t16?,17-,18-,21-/m1/s1. The van der Waals surface area contributed by atoms with Crippen molar-refractivity contribution in [3.05, 3.63) is 58.5 Å². The Morgan fingerprint density at radius 2 is 2.06 bits per heavy atom. The second kappa shape index (κ2) is 11.8. The third-order valence-electron chi connectivity index (χ3n) is 5.88. The minimum absolute atomic E-state index is 0.0221. The molecule has 7 heteroatoms. The van der Waals surface area contributed by atoms with Gasteiger partial charge in [0.1, 0.15) is 5.78 Å². The molecule has 32 heavy (non-hydrogen) atoms. The van der Waals surface area contributed by atoms with Gasteiger partial charge in [-0.05, 0) is 38.2 Å². The van der Waals surface area contributed by atoms with Crippen molar-refractivity contribution in [1.82, 2.24) is 0 Å². The van der Waals surface area contributed by atoms with E-state index in [-0.39, 0.29) is 30.5 Å². The first-order valence-electron chi connectivity index (χ1n) is 11.0. The molecule has 0 bridgehead atoms. The number of aryl methyl sites for hydroxylation is 1. The maximum absolute atomic E-state index is 12.3. The highest BCUT2D eigenvalue weighted by Gasteiger charge is 2.39. The number of fused-ring (bicyclic) bond motifs is 1. The van der Waals surface area contributed by atoms with Crippen molar-refractivity contribution in [2.45, 2.75) is 57.2 Å². The minimum Gasteiger partial charge on any atom is -0.481 e. The molecule has 0 saturated heterocycles. The molecule has 1 saturated carbocycles. The molecule has 0 amide bonds. The number of benzene rings is 1. The number of carbonyl (C=O) groups excluding carboxylic acids is 1. The first-order valence-corrected chi connectivity index (χ1v) is 12.2. The number of aliphatic carboxylic acids is 1. The molecule has 172 valence electrons. The molecule has 0 radical (unpaired) electrons. The zero-order chi connectivity index (χ0) is 23.1. The second-order valence-electron chi connectivity index (χ2n) is 8.24. The third-order valence-corrected chi connectivity index (χ3v) is 7.65. The predicted molar refractivity (Wildman–Crippen MR) is 128 cm³/mol. The number of halogens is 1. The molecule has 1 aromatic carbocycles. The molecule has 2 aromatic rings. The highest BCUT2D eigenvalue weighted by Crippen LogP contribution is 2.36. The number of Topliss-reactive ketones (excluding diaryl/α,β-unsaturated/α-hetero) is 1. The van der Waals surface area contributed by atoms with Crippen molar-refractivity contribution in [3.8, 4) is 0 Å². The van der Waals surface area contributed by atoms with E-state index >= 15 is 0 Å². The summed E-state index contributed by atoms with van der Waals surface area (Å²) in [6, 6.07) is 7.96. The van der Waals surface area contributed by atoms with Crippen LogP contribution >= 0.6 is 22.9 Å². The largest absolute Gasteiger partial charge is 0.481 e. The van der Waals surface area contributed by atoms with E-state index in [1.165, 1.54) is 0 Å². The fraction of sp³-hybridized carbons (Fsp3) is 0.440. The van der Waals surface area contributed by atoms with Gasteiger partial charge in [-0.2, -0.15) is 0 Å². The van der Waals surface area contributed by atoms with Crippen LogP contribution in [-0.4, -0.2) is 39.3 Å². The van der Waals surface area contributed by atoms with Gasteiger partial charge in [-0.15, -0.1) is 11.3 Å². The van der Waals surface area contributed by atoms with Crippen LogP contribution in [0.4, 0.5) is 0 Å². The average Bonchev–Trinajstić information content (AvgIpc) is 3.22. The van der Waals surface area contributed by atoms with Crippen LogP contribution in [0, 0.1) is 11.8 Å². The number of unbranched alkanes of at least 4 members (excludes halogenated alkanes) is 1. The summed E-state index contributed by atoms with van der Waals surface area (Å²) in [5, 5.41) is 31.2. The highest BCUT2D eigenvalue weighted by atomic mass is 35.5. The number of hydrogen-bond acceptors (Lipinski definition) is 5. The summed E-state index contributed by atoms with van der Waals surface area (Å²) in [7, 11) is 0. The van der Waals surface area contributed by atoms with Gasteiger partial charge in [0.25, 0.3) is 0 Å². The van der Waals surface area contributed by atoms with E-state index < -0.39 is 18.2 Å². The van der Waals surface area contributed by atoms with Crippen molar-refractivity contribution in [2.24, 2.45) is 11.8 Å². The normalized spacial score (nSPS) is 22.5. The van der Waals surface area contributed by atoms with Crippen molar-refractivity contribution in [1.29, 1.82) is 0 Å². The molecule has 5 nitrogen and oxygen atoms in total. The fourth-order valence-electron chi connectivity index (χ4n) is 4.12. The number of aliphatic hydroxyl groups excluding tert-OH is 2. The number of ketones is 1. The average molecular weight is 477 g/mol. The Morgan fingerprint density at radius 1 is 1.28 bits per heavy atom. The first-order chi connectivity index (χ1) is 15.4. The number of thiophene rings is 1. The van der Waals surface area contributed by atoms with E-state index in [9.17, 15) is 19.8 Å². The van der Waals surface area contributed by atoms with Crippen LogP contribution in [0.25, 0.3) is 10.1 Å². The molecule has 1 aliphatic rings. The number of carboxylic acid groups (broad SMARTS) is 1. The van der Waals surface area contributed by atoms with E-state index in [0.29, 0.717) is 32.1 Å². The molecule has 1 unspecified atom stereocenters. The van der Waals surface area contributed by atoms with Crippen LogP contribution in [0.2, 0.25) is 5.02 Å². The predicted octanol–water partition coefficient (Wildman–Crippen LogP) is 5.17. The van der Waals surface area contributed by atoms with Crippen LogP contribution in [0.1, 0.15) is 43.4 Å². The molecule has 1 fully saturated rings. The Hall–Kier alpha value is -1.99. The van der Waals surface area contributed by atoms with Crippen LogP contribution in [0.5, 0.6) is 0 Å². The zero-order valence-electron chi connectivity index (χ0n) is 17.8. The van der Waals surface area contributed by atoms with Crippen LogP contribution in [0.15, 0.2) is 48.6 Å². The van der Waals surface area contributed by atoms with Crippen LogP contribution in [-0.2, 0) is 16.0 Å². The lowest BCUT2D eigenvalue weighted by atomic mass is 9.90. The second-order valence-corrected chi connectivity index (χ2v) is 9.76. The summed E-state index contributed by atoms with van der Waals surface area (Å²) < 4.78 is 1.13. The molecule has 1 aliphatic carbocycles. The Kier molecular flexibility index (Phi) is 9.05.